The third kappa shape index (κ3) is 4.52. The van der Waals surface area contributed by atoms with Crippen LogP contribution in [0.1, 0.15) is 32.3 Å². The van der Waals surface area contributed by atoms with Crippen molar-refractivity contribution in [3.8, 4) is 0 Å². The zero-order chi connectivity index (χ0) is 15.3. The fourth-order valence-corrected chi connectivity index (χ4v) is 2.38. The van der Waals surface area contributed by atoms with Crippen LogP contribution in [-0.4, -0.2) is 30.8 Å². The summed E-state index contributed by atoms with van der Waals surface area (Å²) in [6, 6.07) is 6.22. The number of methoxy groups -OCH3 is 1. The van der Waals surface area contributed by atoms with Crippen molar-refractivity contribution in [3.05, 3.63) is 35.6 Å². The van der Waals surface area contributed by atoms with Gasteiger partial charge < -0.3 is 14.6 Å². The van der Waals surface area contributed by atoms with Crippen molar-refractivity contribution in [3.63, 3.8) is 0 Å². The standard InChI is InChI=1S/C15H24FNO3/c1-9(2)14(20-15(17)18)13(10(3)19-4)11-5-7-12(16)8-6-11/h5-10,13-15,18H,17H2,1-4H3/t10-,13?,14+,15?/m0/s1. The first-order valence-corrected chi connectivity index (χ1v) is 6.74. The van der Waals surface area contributed by atoms with Crippen molar-refractivity contribution in [2.45, 2.75) is 45.3 Å². The molecule has 3 N–H and O–H groups in total. The summed E-state index contributed by atoms with van der Waals surface area (Å²) in [5, 5.41) is 9.32. The molecule has 0 amide bonds. The van der Waals surface area contributed by atoms with Crippen molar-refractivity contribution >= 4 is 0 Å². The zero-order valence-corrected chi connectivity index (χ0v) is 12.4. The highest BCUT2D eigenvalue weighted by Crippen LogP contribution is 2.32. The summed E-state index contributed by atoms with van der Waals surface area (Å²) < 4.78 is 23.9. The molecule has 1 rings (SSSR count). The van der Waals surface area contributed by atoms with Gasteiger partial charge in [0.15, 0.2) is 0 Å². The molecule has 0 aliphatic heterocycles. The lowest BCUT2D eigenvalue weighted by Crippen LogP contribution is -2.40. The Balaban J connectivity index is 3.11. The summed E-state index contributed by atoms with van der Waals surface area (Å²) in [6.07, 6.45) is -1.85. The normalized spacial score (nSPS) is 17.8. The third-order valence-electron chi connectivity index (χ3n) is 3.44. The number of benzene rings is 1. The Morgan fingerprint density at radius 1 is 1.15 bits per heavy atom. The van der Waals surface area contributed by atoms with Crippen molar-refractivity contribution in [2.24, 2.45) is 11.7 Å². The average Bonchev–Trinajstić information content (AvgIpc) is 2.39. The summed E-state index contributed by atoms with van der Waals surface area (Å²) in [7, 11) is 1.61. The lowest BCUT2D eigenvalue weighted by atomic mass is 9.83. The molecule has 114 valence electrons. The molecule has 0 heterocycles. The van der Waals surface area contributed by atoms with Crippen LogP contribution in [0.4, 0.5) is 4.39 Å². The largest absolute Gasteiger partial charge is 0.381 e. The predicted molar refractivity (Wildman–Crippen MR) is 75.5 cm³/mol. The van der Waals surface area contributed by atoms with Crippen LogP contribution in [-0.2, 0) is 9.47 Å². The molecule has 5 heteroatoms. The zero-order valence-electron chi connectivity index (χ0n) is 12.4. The Hall–Kier alpha value is -1.01. The molecule has 0 saturated carbocycles. The number of aliphatic hydroxyl groups is 1. The maximum Gasteiger partial charge on any atom is 0.211 e. The van der Waals surface area contributed by atoms with Crippen LogP contribution in [0, 0.1) is 11.7 Å². The van der Waals surface area contributed by atoms with E-state index in [1.807, 2.05) is 20.8 Å². The van der Waals surface area contributed by atoms with Crippen molar-refractivity contribution < 1.29 is 19.0 Å². The van der Waals surface area contributed by atoms with E-state index >= 15 is 0 Å². The molecule has 0 radical (unpaired) electrons. The molecule has 0 fully saturated rings. The van der Waals surface area contributed by atoms with E-state index in [1.165, 1.54) is 12.1 Å². The second kappa shape index (κ2) is 7.69. The van der Waals surface area contributed by atoms with Gasteiger partial charge in [0.05, 0.1) is 12.2 Å². The van der Waals surface area contributed by atoms with Gasteiger partial charge in [0.1, 0.15) is 5.82 Å². The fourth-order valence-electron chi connectivity index (χ4n) is 2.38. The Labute approximate surface area is 119 Å². The first-order chi connectivity index (χ1) is 9.36. The molecule has 0 saturated heterocycles. The van der Waals surface area contributed by atoms with E-state index in [0.717, 1.165) is 5.56 Å². The molecule has 0 aliphatic carbocycles. The molecular formula is C15H24FNO3. The van der Waals surface area contributed by atoms with Gasteiger partial charge in [-0.05, 0) is 30.5 Å². The molecule has 1 aromatic rings. The van der Waals surface area contributed by atoms with Crippen LogP contribution >= 0.6 is 0 Å². The van der Waals surface area contributed by atoms with E-state index in [4.69, 9.17) is 15.2 Å². The predicted octanol–water partition coefficient (Wildman–Crippen LogP) is 2.22. The summed E-state index contributed by atoms with van der Waals surface area (Å²) in [5.74, 6) is -0.335. The number of aliphatic hydroxyl groups excluding tert-OH is 1. The highest BCUT2D eigenvalue weighted by Gasteiger charge is 2.32. The molecule has 0 bridgehead atoms. The van der Waals surface area contributed by atoms with Crippen LogP contribution in [0.15, 0.2) is 24.3 Å². The summed E-state index contributed by atoms with van der Waals surface area (Å²) in [5.41, 5.74) is 6.23. The highest BCUT2D eigenvalue weighted by atomic mass is 19.1. The maximum atomic E-state index is 13.1. The van der Waals surface area contributed by atoms with Gasteiger partial charge in [-0.2, -0.15) is 0 Å². The number of hydrogen-bond acceptors (Lipinski definition) is 4. The Kier molecular flexibility index (Phi) is 6.55. The summed E-state index contributed by atoms with van der Waals surface area (Å²) in [4.78, 5) is 0. The van der Waals surface area contributed by atoms with Crippen molar-refractivity contribution in [1.29, 1.82) is 0 Å². The van der Waals surface area contributed by atoms with Crippen LogP contribution in [0.2, 0.25) is 0 Å². The van der Waals surface area contributed by atoms with Gasteiger partial charge >= 0.3 is 0 Å². The third-order valence-corrected chi connectivity index (χ3v) is 3.44. The van der Waals surface area contributed by atoms with Gasteiger partial charge in [-0.1, -0.05) is 26.0 Å². The fraction of sp³-hybridized carbons (Fsp3) is 0.600. The van der Waals surface area contributed by atoms with Gasteiger partial charge in [-0.3, -0.25) is 5.73 Å². The van der Waals surface area contributed by atoms with E-state index in [0.29, 0.717) is 0 Å². The second-order valence-corrected chi connectivity index (χ2v) is 5.25. The van der Waals surface area contributed by atoms with Crippen LogP contribution in [0.3, 0.4) is 0 Å². The Bertz CT molecular complexity index is 395. The van der Waals surface area contributed by atoms with E-state index in [-0.39, 0.29) is 29.9 Å². The topological polar surface area (TPSA) is 64.7 Å². The summed E-state index contributed by atoms with van der Waals surface area (Å²) in [6.45, 7) is 5.87. The molecule has 0 aromatic heterocycles. The lowest BCUT2D eigenvalue weighted by Gasteiger charge is -2.34. The van der Waals surface area contributed by atoms with Crippen LogP contribution < -0.4 is 5.73 Å². The molecule has 20 heavy (non-hydrogen) atoms. The minimum Gasteiger partial charge on any atom is -0.381 e. The molecule has 0 aliphatic rings. The second-order valence-electron chi connectivity index (χ2n) is 5.25. The number of hydrogen-bond donors (Lipinski definition) is 2. The van der Waals surface area contributed by atoms with Gasteiger partial charge in [-0.25, -0.2) is 4.39 Å². The Morgan fingerprint density at radius 2 is 1.70 bits per heavy atom. The smallest absolute Gasteiger partial charge is 0.211 e. The van der Waals surface area contributed by atoms with Gasteiger partial charge in [-0.15, -0.1) is 0 Å². The first kappa shape index (κ1) is 17.0. The van der Waals surface area contributed by atoms with Crippen molar-refractivity contribution in [2.75, 3.05) is 7.11 Å². The lowest BCUT2D eigenvalue weighted by molar-refractivity contribution is -0.160. The quantitative estimate of drug-likeness (QED) is 0.754. The van der Waals surface area contributed by atoms with Gasteiger partial charge in [0.2, 0.25) is 6.41 Å². The van der Waals surface area contributed by atoms with E-state index in [1.54, 1.807) is 19.2 Å². The van der Waals surface area contributed by atoms with Gasteiger partial charge in [0, 0.05) is 13.0 Å². The number of nitrogens with two attached hydrogens (primary N) is 1. The van der Waals surface area contributed by atoms with E-state index in [9.17, 15) is 9.50 Å². The number of halogens is 1. The molecule has 2 unspecified atom stereocenters. The van der Waals surface area contributed by atoms with Crippen LogP contribution in [0.25, 0.3) is 0 Å². The van der Waals surface area contributed by atoms with Crippen LogP contribution in [0.5, 0.6) is 0 Å². The molecule has 4 atom stereocenters. The number of rotatable bonds is 7. The average molecular weight is 285 g/mol. The minimum atomic E-state index is -1.35. The SMILES string of the molecule is CO[C@@H](C)C(c1ccc(F)cc1)[C@H](OC(N)O)C(C)C. The molecule has 1 aromatic carbocycles. The van der Waals surface area contributed by atoms with Gasteiger partial charge in [0.25, 0.3) is 0 Å². The Morgan fingerprint density at radius 3 is 2.10 bits per heavy atom. The molecule has 0 spiro atoms. The number of ether oxygens (including phenoxy) is 2. The highest BCUT2D eigenvalue weighted by molar-refractivity contribution is 5.23. The maximum absolute atomic E-state index is 13.1. The summed E-state index contributed by atoms with van der Waals surface area (Å²) >= 11 is 0. The van der Waals surface area contributed by atoms with E-state index in [2.05, 4.69) is 0 Å². The first-order valence-electron chi connectivity index (χ1n) is 6.74. The molecular weight excluding hydrogens is 261 g/mol. The molecule has 4 nitrogen and oxygen atoms in total. The minimum absolute atomic E-state index is 0.112. The van der Waals surface area contributed by atoms with Crippen molar-refractivity contribution in [1.82, 2.24) is 0 Å². The monoisotopic (exact) mass is 285 g/mol. The van der Waals surface area contributed by atoms with E-state index < -0.39 is 6.41 Å².